The highest BCUT2D eigenvalue weighted by Crippen LogP contribution is 2.26. The van der Waals surface area contributed by atoms with Crippen molar-refractivity contribution in [2.24, 2.45) is 0 Å². The normalized spacial score (nSPS) is 22.2. The summed E-state index contributed by atoms with van der Waals surface area (Å²) >= 11 is 0. The van der Waals surface area contributed by atoms with Gasteiger partial charge >= 0.3 is 0 Å². The number of aliphatic hydroxyl groups excluding tert-OH is 1. The van der Waals surface area contributed by atoms with Crippen molar-refractivity contribution in [3.63, 3.8) is 0 Å². The molecule has 5 nitrogen and oxygen atoms in total. The van der Waals surface area contributed by atoms with Crippen molar-refractivity contribution in [2.45, 2.75) is 49.8 Å². The Kier molecular flexibility index (Phi) is 4.67. The molecule has 0 aromatic heterocycles. The molecule has 21 heavy (non-hydrogen) atoms. The van der Waals surface area contributed by atoms with E-state index in [4.69, 9.17) is 9.84 Å². The van der Waals surface area contributed by atoms with E-state index in [9.17, 15) is 12.8 Å². The fourth-order valence-corrected chi connectivity index (χ4v) is 3.87. The van der Waals surface area contributed by atoms with Crippen molar-refractivity contribution in [1.29, 1.82) is 0 Å². The van der Waals surface area contributed by atoms with Crippen LogP contribution >= 0.6 is 0 Å². The van der Waals surface area contributed by atoms with Crippen molar-refractivity contribution < 1.29 is 22.7 Å². The SMILES string of the molecule is CC1(C)CC(NS(=O)(=O)c2cc(CO)ccc2F)CCO1. The molecule has 0 bridgehead atoms. The van der Waals surface area contributed by atoms with E-state index in [0.29, 0.717) is 25.0 Å². The summed E-state index contributed by atoms with van der Waals surface area (Å²) in [6.07, 6.45) is 1.07. The summed E-state index contributed by atoms with van der Waals surface area (Å²) in [5.74, 6) is -0.828. The molecule has 0 aliphatic carbocycles. The highest BCUT2D eigenvalue weighted by molar-refractivity contribution is 7.89. The van der Waals surface area contributed by atoms with Gasteiger partial charge in [0.25, 0.3) is 0 Å². The van der Waals surface area contributed by atoms with Crippen LogP contribution in [0.25, 0.3) is 0 Å². The van der Waals surface area contributed by atoms with E-state index in [1.54, 1.807) is 0 Å². The fraction of sp³-hybridized carbons (Fsp3) is 0.571. The minimum absolute atomic E-state index is 0.295. The average molecular weight is 317 g/mol. The largest absolute Gasteiger partial charge is 0.392 e. The number of halogens is 1. The lowest BCUT2D eigenvalue weighted by atomic mass is 9.95. The van der Waals surface area contributed by atoms with Crippen LogP contribution in [0, 0.1) is 5.82 Å². The second kappa shape index (κ2) is 6.00. The van der Waals surface area contributed by atoms with E-state index < -0.39 is 26.3 Å². The average Bonchev–Trinajstić information content (AvgIpc) is 2.37. The molecule has 118 valence electrons. The molecule has 2 rings (SSSR count). The van der Waals surface area contributed by atoms with Gasteiger partial charge < -0.3 is 9.84 Å². The van der Waals surface area contributed by atoms with Crippen LogP contribution in [-0.2, 0) is 21.4 Å². The van der Waals surface area contributed by atoms with Gasteiger partial charge in [-0.05, 0) is 44.4 Å². The summed E-state index contributed by atoms with van der Waals surface area (Å²) in [6.45, 7) is 3.90. The van der Waals surface area contributed by atoms with Crippen LogP contribution < -0.4 is 4.72 Å². The van der Waals surface area contributed by atoms with Gasteiger partial charge in [0.05, 0.1) is 12.2 Å². The summed E-state index contributed by atoms with van der Waals surface area (Å²) in [6, 6.07) is 3.26. The van der Waals surface area contributed by atoms with E-state index in [1.807, 2.05) is 13.8 Å². The van der Waals surface area contributed by atoms with Gasteiger partial charge in [0, 0.05) is 12.6 Å². The molecule has 1 aliphatic heterocycles. The summed E-state index contributed by atoms with van der Waals surface area (Å²) in [5, 5.41) is 9.05. The molecule has 0 radical (unpaired) electrons. The molecular formula is C14H20FNO4S. The zero-order valence-electron chi connectivity index (χ0n) is 12.1. The minimum Gasteiger partial charge on any atom is -0.392 e. The van der Waals surface area contributed by atoms with Crippen molar-refractivity contribution in [2.75, 3.05) is 6.61 Å². The second-order valence-corrected chi connectivity index (χ2v) is 7.52. The first-order valence-corrected chi connectivity index (χ1v) is 8.27. The quantitative estimate of drug-likeness (QED) is 0.883. The molecule has 1 atom stereocenters. The monoisotopic (exact) mass is 317 g/mol. The van der Waals surface area contributed by atoms with Gasteiger partial charge in [-0.15, -0.1) is 0 Å². The van der Waals surface area contributed by atoms with Crippen LogP contribution in [0.1, 0.15) is 32.3 Å². The van der Waals surface area contributed by atoms with Gasteiger partial charge in [0.2, 0.25) is 10.0 Å². The van der Waals surface area contributed by atoms with E-state index in [-0.39, 0.29) is 12.6 Å². The first-order chi connectivity index (χ1) is 9.73. The Morgan fingerprint density at radius 3 is 2.81 bits per heavy atom. The van der Waals surface area contributed by atoms with Crippen LogP contribution in [0.2, 0.25) is 0 Å². The molecule has 1 fully saturated rings. The third-order valence-corrected chi connectivity index (χ3v) is 5.02. The Bertz CT molecular complexity index is 615. The number of aliphatic hydroxyl groups is 1. The third kappa shape index (κ3) is 4.00. The molecule has 1 aliphatic rings. The number of benzene rings is 1. The number of rotatable bonds is 4. The predicted octanol–water partition coefficient (Wildman–Crippen LogP) is 1.55. The number of hydrogen-bond donors (Lipinski definition) is 2. The maximum absolute atomic E-state index is 13.8. The van der Waals surface area contributed by atoms with Gasteiger partial charge in [-0.25, -0.2) is 17.5 Å². The number of hydrogen-bond acceptors (Lipinski definition) is 4. The van der Waals surface area contributed by atoms with Gasteiger partial charge in [0.1, 0.15) is 10.7 Å². The zero-order chi connectivity index (χ0) is 15.7. The molecule has 1 saturated heterocycles. The Morgan fingerprint density at radius 1 is 1.48 bits per heavy atom. The second-order valence-electron chi connectivity index (χ2n) is 5.84. The standard InChI is InChI=1S/C14H20FNO4S/c1-14(2)8-11(5-6-20-14)16-21(18,19)13-7-10(9-17)3-4-12(13)15/h3-4,7,11,16-17H,5-6,8-9H2,1-2H3. The molecule has 1 unspecified atom stereocenters. The van der Waals surface area contributed by atoms with E-state index in [1.165, 1.54) is 6.07 Å². The van der Waals surface area contributed by atoms with Crippen molar-refractivity contribution >= 4 is 10.0 Å². The van der Waals surface area contributed by atoms with E-state index in [0.717, 1.165) is 12.1 Å². The molecule has 0 saturated carbocycles. The van der Waals surface area contributed by atoms with Crippen LogP contribution in [0.4, 0.5) is 4.39 Å². The first kappa shape index (κ1) is 16.4. The van der Waals surface area contributed by atoms with Gasteiger partial charge in [-0.1, -0.05) is 6.07 Å². The van der Waals surface area contributed by atoms with Crippen molar-refractivity contribution in [1.82, 2.24) is 4.72 Å². The topological polar surface area (TPSA) is 75.6 Å². The smallest absolute Gasteiger partial charge is 0.243 e. The number of nitrogens with one attached hydrogen (secondary N) is 1. The van der Waals surface area contributed by atoms with Gasteiger partial charge in [0.15, 0.2) is 0 Å². The lowest BCUT2D eigenvalue weighted by Crippen LogP contribution is -2.45. The molecular weight excluding hydrogens is 297 g/mol. The molecule has 0 spiro atoms. The Morgan fingerprint density at radius 2 is 2.19 bits per heavy atom. The summed E-state index contributed by atoms with van der Waals surface area (Å²) in [4.78, 5) is -0.432. The lowest BCUT2D eigenvalue weighted by Gasteiger charge is -2.35. The van der Waals surface area contributed by atoms with Crippen LogP contribution in [0.15, 0.2) is 23.1 Å². The van der Waals surface area contributed by atoms with E-state index >= 15 is 0 Å². The molecule has 1 aromatic rings. The van der Waals surface area contributed by atoms with Crippen LogP contribution in [-0.4, -0.2) is 31.8 Å². The van der Waals surface area contributed by atoms with Crippen molar-refractivity contribution in [3.8, 4) is 0 Å². The molecule has 1 aromatic carbocycles. The predicted molar refractivity (Wildman–Crippen MR) is 75.7 cm³/mol. The molecule has 2 N–H and O–H groups in total. The lowest BCUT2D eigenvalue weighted by molar-refractivity contribution is -0.0599. The molecule has 7 heteroatoms. The fourth-order valence-electron chi connectivity index (χ4n) is 2.47. The minimum atomic E-state index is -3.97. The zero-order valence-corrected chi connectivity index (χ0v) is 12.9. The third-order valence-electron chi connectivity index (χ3n) is 3.49. The molecule has 0 amide bonds. The number of sulfonamides is 1. The Labute approximate surface area is 124 Å². The Hall–Kier alpha value is -1.02. The van der Waals surface area contributed by atoms with Gasteiger partial charge in [-0.3, -0.25) is 0 Å². The maximum atomic E-state index is 13.8. The highest BCUT2D eigenvalue weighted by atomic mass is 32.2. The van der Waals surface area contributed by atoms with Crippen LogP contribution in [0.5, 0.6) is 0 Å². The summed E-state index contributed by atoms with van der Waals surface area (Å²) < 4.78 is 46.5. The Balaban J connectivity index is 2.22. The highest BCUT2D eigenvalue weighted by Gasteiger charge is 2.32. The van der Waals surface area contributed by atoms with Crippen LogP contribution in [0.3, 0.4) is 0 Å². The maximum Gasteiger partial charge on any atom is 0.243 e. The van der Waals surface area contributed by atoms with Gasteiger partial charge in [-0.2, -0.15) is 0 Å². The molecule has 1 heterocycles. The number of ether oxygens (including phenoxy) is 1. The summed E-state index contributed by atoms with van der Waals surface area (Å²) in [5.41, 5.74) is -0.0548. The van der Waals surface area contributed by atoms with Crippen molar-refractivity contribution in [3.05, 3.63) is 29.6 Å². The van der Waals surface area contributed by atoms with E-state index in [2.05, 4.69) is 4.72 Å². The summed E-state index contributed by atoms with van der Waals surface area (Å²) in [7, 11) is -3.97. The first-order valence-electron chi connectivity index (χ1n) is 6.79.